The van der Waals surface area contributed by atoms with E-state index in [4.69, 9.17) is 0 Å². The van der Waals surface area contributed by atoms with Crippen LogP contribution in [0.2, 0.25) is 0 Å². The fourth-order valence-corrected chi connectivity index (χ4v) is 4.06. The number of hydrogen-bond acceptors (Lipinski definition) is 0. The molecule has 0 aromatic heterocycles. The number of rotatable bonds is 3. The Kier molecular flexibility index (Phi) is 3.67. The van der Waals surface area contributed by atoms with Crippen molar-refractivity contribution in [2.24, 2.45) is 0 Å². The summed E-state index contributed by atoms with van der Waals surface area (Å²) >= 11 is 0. The maximum atomic E-state index is 12.5. The first kappa shape index (κ1) is 10.8. The fraction of sp³-hybridized carbons (Fsp3) is 0. The van der Waals surface area contributed by atoms with E-state index in [1.54, 1.807) is 5.70 Å². The van der Waals surface area contributed by atoms with E-state index in [0.29, 0.717) is 6.33 Å². The highest BCUT2D eigenvalue weighted by molar-refractivity contribution is 6.89. The predicted octanol–water partition coefficient (Wildman–Crippen LogP) is 2.05. The van der Waals surface area contributed by atoms with Gasteiger partial charge in [-0.05, 0) is 0 Å². The summed E-state index contributed by atoms with van der Waals surface area (Å²) in [4.78, 5) is 0. The number of benzene rings is 2. The van der Waals surface area contributed by atoms with Crippen LogP contribution >= 0.6 is 0 Å². The first-order chi connectivity index (χ1) is 7.92. The van der Waals surface area contributed by atoms with Gasteiger partial charge in [-0.1, -0.05) is 76.7 Å². The Morgan fingerprint density at radius 3 is 1.56 bits per heavy atom. The van der Waals surface area contributed by atoms with Crippen LogP contribution < -0.4 is 10.4 Å². The molecule has 0 fully saturated rings. The van der Waals surface area contributed by atoms with E-state index in [9.17, 15) is 4.39 Å². The van der Waals surface area contributed by atoms with E-state index < -0.39 is 8.80 Å². The maximum absolute atomic E-state index is 12.5. The molecule has 0 nitrogen and oxygen atoms in total. The van der Waals surface area contributed by atoms with Gasteiger partial charge in [0.2, 0.25) is 0 Å². The smallest absolute Gasteiger partial charge is 0.127 e. The lowest BCUT2D eigenvalue weighted by atomic mass is 10.4. The molecule has 0 unspecified atom stereocenters. The highest BCUT2D eigenvalue weighted by atomic mass is 28.3. The molecule has 0 bridgehead atoms. The van der Waals surface area contributed by atoms with E-state index in [1.165, 1.54) is 10.4 Å². The van der Waals surface area contributed by atoms with Gasteiger partial charge in [0.15, 0.2) is 0 Å². The minimum Gasteiger partial charge on any atom is -0.216 e. The molecule has 80 valence electrons. The predicted molar refractivity (Wildman–Crippen MR) is 69.5 cm³/mol. The molecule has 0 saturated heterocycles. The molecule has 0 heterocycles. The maximum Gasteiger partial charge on any atom is 0.127 e. The molecule has 2 aromatic rings. The van der Waals surface area contributed by atoms with Crippen LogP contribution in [0, 0.1) is 0 Å². The standard InChI is InChI=1S/C14H13FSi/c15-11-12-16(13-7-3-1-4-8-13)14-9-5-2-6-10-14/h1-12,16H. The Morgan fingerprint density at radius 1 is 0.750 bits per heavy atom. The normalized spacial score (nSPS) is 11.1. The summed E-state index contributed by atoms with van der Waals surface area (Å²) < 4.78 is 12.5. The molecular formula is C14H13FSi. The van der Waals surface area contributed by atoms with Crippen LogP contribution in [0.5, 0.6) is 0 Å². The molecule has 16 heavy (non-hydrogen) atoms. The largest absolute Gasteiger partial charge is 0.216 e. The molecule has 0 amide bonds. The van der Waals surface area contributed by atoms with E-state index in [-0.39, 0.29) is 0 Å². The highest BCUT2D eigenvalue weighted by Crippen LogP contribution is 1.94. The molecular weight excluding hydrogens is 215 g/mol. The third-order valence-electron chi connectivity index (χ3n) is 2.58. The van der Waals surface area contributed by atoms with Gasteiger partial charge >= 0.3 is 0 Å². The summed E-state index contributed by atoms with van der Waals surface area (Å²) in [5.41, 5.74) is 1.71. The van der Waals surface area contributed by atoms with Gasteiger partial charge in [-0.15, -0.1) is 0 Å². The van der Waals surface area contributed by atoms with Crippen LogP contribution in [0.15, 0.2) is 72.7 Å². The summed E-state index contributed by atoms with van der Waals surface area (Å²) in [7, 11) is -1.51. The number of hydrogen-bond donors (Lipinski definition) is 0. The fourth-order valence-electron chi connectivity index (χ4n) is 1.81. The third kappa shape index (κ3) is 2.47. The summed E-state index contributed by atoms with van der Waals surface area (Å²) in [6.07, 6.45) is 0.677. The lowest BCUT2D eigenvalue weighted by Crippen LogP contribution is -2.40. The van der Waals surface area contributed by atoms with E-state index in [0.717, 1.165) is 0 Å². The minimum absolute atomic E-state index is 0.677. The van der Waals surface area contributed by atoms with Crippen LogP contribution in [-0.4, -0.2) is 8.80 Å². The molecule has 2 heteroatoms. The van der Waals surface area contributed by atoms with Crippen LogP contribution in [0.3, 0.4) is 0 Å². The molecule has 0 saturated carbocycles. The second kappa shape index (κ2) is 5.42. The summed E-state index contributed by atoms with van der Waals surface area (Å²) in [5.74, 6) is 0. The topological polar surface area (TPSA) is 0 Å². The quantitative estimate of drug-likeness (QED) is 0.705. The molecule has 0 aliphatic carbocycles. The van der Waals surface area contributed by atoms with Crippen LogP contribution in [0.1, 0.15) is 0 Å². The van der Waals surface area contributed by atoms with Crippen molar-refractivity contribution >= 4 is 19.2 Å². The Bertz CT molecular complexity index is 411. The summed E-state index contributed by atoms with van der Waals surface area (Å²) in [6, 6.07) is 20.3. The average molecular weight is 228 g/mol. The van der Waals surface area contributed by atoms with Crippen LogP contribution in [0.25, 0.3) is 0 Å². The van der Waals surface area contributed by atoms with Crippen molar-refractivity contribution in [3.05, 3.63) is 72.7 Å². The van der Waals surface area contributed by atoms with Gasteiger partial charge in [-0.3, -0.25) is 0 Å². The van der Waals surface area contributed by atoms with Gasteiger partial charge in [0.05, 0.1) is 6.33 Å². The second-order valence-electron chi connectivity index (χ2n) is 3.62. The molecule has 2 aromatic carbocycles. The molecule has 0 atom stereocenters. The van der Waals surface area contributed by atoms with Crippen molar-refractivity contribution in [1.82, 2.24) is 0 Å². The van der Waals surface area contributed by atoms with Crippen molar-refractivity contribution < 1.29 is 4.39 Å². The van der Waals surface area contributed by atoms with Crippen molar-refractivity contribution in [3.8, 4) is 0 Å². The Hall–Kier alpha value is -1.67. The molecule has 0 radical (unpaired) electrons. The Balaban J connectivity index is 2.39. The van der Waals surface area contributed by atoms with Gasteiger partial charge in [0.25, 0.3) is 0 Å². The van der Waals surface area contributed by atoms with Gasteiger partial charge in [-0.25, -0.2) is 4.39 Å². The van der Waals surface area contributed by atoms with Gasteiger partial charge in [0.1, 0.15) is 8.80 Å². The van der Waals surface area contributed by atoms with Gasteiger partial charge in [-0.2, -0.15) is 0 Å². The summed E-state index contributed by atoms with van der Waals surface area (Å²) in [6.45, 7) is 0. The SMILES string of the molecule is FC=C[SiH](c1ccccc1)c1ccccc1. The second-order valence-corrected chi connectivity index (χ2v) is 6.29. The van der Waals surface area contributed by atoms with E-state index >= 15 is 0 Å². The lowest BCUT2D eigenvalue weighted by Gasteiger charge is -2.11. The molecule has 0 spiro atoms. The Morgan fingerprint density at radius 2 is 1.19 bits per heavy atom. The first-order valence-corrected chi connectivity index (χ1v) is 7.10. The zero-order valence-corrected chi connectivity index (χ0v) is 10.0. The van der Waals surface area contributed by atoms with E-state index in [1.807, 2.05) is 36.4 Å². The van der Waals surface area contributed by atoms with Crippen molar-refractivity contribution in [1.29, 1.82) is 0 Å². The molecule has 0 aliphatic heterocycles. The molecule has 0 aliphatic rings. The average Bonchev–Trinajstić information content (AvgIpc) is 2.38. The number of halogens is 1. The zero-order chi connectivity index (χ0) is 11.2. The molecule has 2 rings (SSSR count). The molecule has 0 N–H and O–H groups in total. The van der Waals surface area contributed by atoms with Crippen molar-refractivity contribution in [3.63, 3.8) is 0 Å². The lowest BCUT2D eigenvalue weighted by molar-refractivity contribution is 0.723. The van der Waals surface area contributed by atoms with E-state index in [2.05, 4.69) is 24.3 Å². The third-order valence-corrected chi connectivity index (χ3v) is 5.32. The Labute approximate surface area is 96.7 Å². The first-order valence-electron chi connectivity index (χ1n) is 5.28. The van der Waals surface area contributed by atoms with Crippen LogP contribution in [-0.2, 0) is 0 Å². The van der Waals surface area contributed by atoms with Gasteiger partial charge < -0.3 is 0 Å². The van der Waals surface area contributed by atoms with Gasteiger partial charge in [0, 0.05) is 0 Å². The zero-order valence-electron chi connectivity index (χ0n) is 8.88. The van der Waals surface area contributed by atoms with Crippen molar-refractivity contribution in [2.45, 2.75) is 0 Å². The summed E-state index contributed by atoms with van der Waals surface area (Å²) in [5, 5.41) is 2.48. The van der Waals surface area contributed by atoms with Crippen molar-refractivity contribution in [2.75, 3.05) is 0 Å². The van der Waals surface area contributed by atoms with Crippen LogP contribution in [0.4, 0.5) is 4.39 Å². The minimum atomic E-state index is -1.51. The highest BCUT2D eigenvalue weighted by Gasteiger charge is 2.11. The monoisotopic (exact) mass is 228 g/mol.